The van der Waals surface area contributed by atoms with Gasteiger partial charge in [-0.05, 0) is 12.1 Å². The maximum atomic E-state index is 12.1. The van der Waals surface area contributed by atoms with Crippen molar-refractivity contribution in [3.8, 4) is 0 Å². The first-order valence-corrected chi connectivity index (χ1v) is 6.55. The second-order valence-corrected chi connectivity index (χ2v) is 5.18. The van der Waals surface area contributed by atoms with Gasteiger partial charge in [0.25, 0.3) is 5.91 Å². The lowest BCUT2D eigenvalue weighted by atomic mass is 9.99. The maximum absolute atomic E-state index is 12.1. The van der Waals surface area contributed by atoms with Gasteiger partial charge in [0.1, 0.15) is 17.6 Å². The molecule has 2 saturated heterocycles. The van der Waals surface area contributed by atoms with E-state index in [9.17, 15) is 9.90 Å². The number of nitrogens with one attached hydrogen (secondary N) is 1. The molecule has 6 heteroatoms. The first-order chi connectivity index (χ1) is 9.16. The van der Waals surface area contributed by atoms with Crippen molar-refractivity contribution in [3.05, 3.63) is 35.9 Å². The minimum Gasteiger partial charge on any atom is -0.388 e. The number of amides is 1. The lowest BCUT2D eigenvalue weighted by molar-refractivity contribution is -0.127. The predicted molar refractivity (Wildman–Crippen MR) is 68.0 cm³/mol. The van der Waals surface area contributed by atoms with Crippen molar-refractivity contribution in [2.45, 2.75) is 29.9 Å². The Morgan fingerprint density at radius 2 is 2.11 bits per heavy atom. The zero-order valence-corrected chi connectivity index (χ0v) is 10.8. The Hall–Kier alpha value is -1.14. The van der Waals surface area contributed by atoms with Gasteiger partial charge in [0.05, 0.1) is 12.6 Å². The highest BCUT2D eigenvalue weighted by atomic mass is 35.5. The van der Waals surface area contributed by atoms with E-state index < -0.39 is 29.9 Å². The van der Waals surface area contributed by atoms with Crippen molar-refractivity contribution in [2.24, 2.45) is 0 Å². The number of ether oxygens (including phenoxy) is 2. The van der Waals surface area contributed by atoms with Crippen LogP contribution in [-0.2, 0) is 9.47 Å². The van der Waals surface area contributed by atoms with E-state index in [-0.39, 0.29) is 5.91 Å². The highest BCUT2D eigenvalue weighted by Crippen LogP contribution is 2.31. The molecule has 2 fully saturated rings. The number of hydrogen-bond donors (Lipinski definition) is 2. The molecule has 19 heavy (non-hydrogen) atoms. The van der Waals surface area contributed by atoms with E-state index in [1.54, 1.807) is 24.3 Å². The monoisotopic (exact) mass is 283 g/mol. The molecule has 2 aliphatic rings. The molecule has 3 rings (SSSR count). The molecule has 2 bridgehead atoms. The summed E-state index contributed by atoms with van der Waals surface area (Å²) in [4.78, 5) is 12.1. The van der Waals surface area contributed by atoms with Gasteiger partial charge < -0.3 is 19.9 Å². The molecule has 2 aliphatic heterocycles. The fraction of sp³-hybridized carbons (Fsp3) is 0.462. The van der Waals surface area contributed by atoms with Gasteiger partial charge in [-0.25, -0.2) is 0 Å². The lowest BCUT2D eigenvalue weighted by Crippen LogP contribution is -2.59. The molecule has 5 nitrogen and oxygen atoms in total. The quantitative estimate of drug-likeness (QED) is 0.776. The van der Waals surface area contributed by atoms with Crippen molar-refractivity contribution >= 4 is 17.5 Å². The van der Waals surface area contributed by atoms with Gasteiger partial charge in [0.2, 0.25) is 0 Å². The third kappa shape index (κ3) is 2.34. The average molecular weight is 284 g/mol. The molecular weight excluding hydrogens is 270 g/mol. The summed E-state index contributed by atoms with van der Waals surface area (Å²) in [5.41, 5.74) is 0.526. The van der Waals surface area contributed by atoms with Crippen LogP contribution in [0, 0.1) is 0 Å². The topological polar surface area (TPSA) is 67.8 Å². The van der Waals surface area contributed by atoms with E-state index in [0.29, 0.717) is 12.2 Å². The number of carbonyl (C=O) groups excluding carboxylic acids is 1. The molecule has 0 saturated carbocycles. The van der Waals surface area contributed by atoms with Crippen molar-refractivity contribution in [1.82, 2.24) is 5.32 Å². The van der Waals surface area contributed by atoms with Gasteiger partial charge in [-0.2, -0.15) is 0 Å². The first-order valence-electron chi connectivity index (χ1n) is 6.12. The highest BCUT2D eigenvalue weighted by molar-refractivity contribution is 6.21. The number of aliphatic hydroxyl groups excluding tert-OH is 1. The molecule has 2 heterocycles. The Bertz CT molecular complexity index is 453. The summed E-state index contributed by atoms with van der Waals surface area (Å²) in [7, 11) is 0. The van der Waals surface area contributed by atoms with Crippen LogP contribution in [-0.4, -0.2) is 47.5 Å². The Morgan fingerprint density at radius 3 is 2.84 bits per heavy atom. The van der Waals surface area contributed by atoms with Gasteiger partial charge in [0, 0.05) is 5.56 Å². The minimum absolute atomic E-state index is 0.267. The number of benzene rings is 1. The van der Waals surface area contributed by atoms with Crippen LogP contribution in [0.2, 0.25) is 0 Å². The Morgan fingerprint density at radius 1 is 1.37 bits per heavy atom. The molecule has 1 aromatic carbocycles. The summed E-state index contributed by atoms with van der Waals surface area (Å²) in [6.07, 6.45) is -1.87. The van der Waals surface area contributed by atoms with Crippen LogP contribution in [0.25, 0.3) is 0 Å². The summed E-state index contributed by atoms with van der Waals surface area (Å²) >= 11 is 6.18. The van der Waals surface area contributed by atoms with Gasteiger partial charge in [-0.1, -0.05) is 18.2 Å². The molecule has 0 unspecified atom stereocenters. The minimum atomic E-state index is -0.867. The van der Waals surface area contributed by atoms with Gasteiger partial charge in [0.15, 0.2) is 6.29 Å². The number of rotatable bonds is 2. The zero-order valence-electron chi connectivity index (χ0n) is 10.0. The van der Waals surface area contributed by atoms with Crippen molar-refractivity contribution in [1.29, 1.82) is 0 Å². The van der Waals surface area contributed by atoms with Crippen LogP contribution in [0.4, 0.5) is 0 Å². The van der Waals surface area contributed by atoms with Gasteiger partial charge >= 0.3 is 0 Å². The zero-order chi connectivity index (χ0) is 13.4. The van der Waals surface area contributed by atoms with E-state index in [1.807, 2.05) is 6.07 Å². The van der Waals surface area contributed by atoms with E-state index in [2.05, 4.69) is 5.32 Å². The van der Waals surface area contributed by atoms with Crippen LogP contribution < -0.4 is 5.32 Å². The Balaban J connectivity index is 1.74. The molecule has 1 aromatic rings. The van der Waals surface area contributed by atoms with E-state index >= 15 is 0 Å². The number of aliphatic hydroxyl groups is 1. The largest absolute Gasteiger partial charge is 0.388 e. The molecule has 1 amide bonds. The number of hydrogen-bond acceptors (Lipinski definition) is 4. The molecule has 0 radical (unpaired) electrons. The van der Waals surface area contributed by atoms with Gasteiger partial charge in [-0.15, -0.1) is 11.6 Å². The fourth-order valence-electron chi connectivity index (χ4n) is 2.36. The third-order valence-electron chi connectivity index (χ3n) is 3.42. The Kier molecular flexibility index (Phi) is 3.45. The molecule has 5 atom stereocenters. The second-order valence-electron chi connectivity index (χ2n) is 4.68. The van der Waals surface area contributed by atoms with E-state index in [0.717, 1.165) is 0 Å². The summed E-state index contributed by atoms with van der Waals surface area (Å²) in [6.45, 7) is 0.298. The Labute approximate surface area is 115 Å². The standard InChI is InChI=1S/C13H14ClNO4/c14-9-10(11(16)8-6-18-13(9)19-8)15-12(17)7-4-2-1-3-5-7/h1-5,8-11,13,16H,6H2,(H,15,17)/t8-,9-,10-,11+,13-/m1/s1. The van der Waals surface area contributed by atoms with E-state index in [1.165, 1.54) is 0 Å². The average Bonchev–Trinajstić information content (AvgIpc) is 2.89. The van der Waals surface area contributed by atoms with Gasteiger partial charge in [-0.3, -0.25) is 4.79 Å². The summed E-state index contributed by atoms with van der Waals surface area (Å²) < 4.78 is 10.7. The van der Waals surface area contributed by atoms with Crippen molar-refractivity contribution in [3.63, 3.8) is 0 Å². The summed E-state index contributed by atoms with van der Waals surface area (Å²) in [5, 5.41) is 12.3. The molecule has 102 valence electrons. The third-order valence-corrected chi connectivity index (χ3v) is 3.90. The SMILES string of the molecule is O=C(N[C@H]1[C@@H](O)[C@H]2CO[C@H](O2)[C@@H]1Cl)c1ccccc1. The molecule has 0 spiro atoms. The van der Waals surface area contributed by atoms with Crippen LogP contribution in [0.5, 0.6) is 0 Å². The van der Waals surface area contributed by atoms with E-state index in [4.69, 9.17) is 21.1 Å². The van der Waals surface area contributed by atoms with Crippen LogP contribution >= 0.6 is 11.6 Å². The number of carbonyl (C=O) groups is 1. The van der Waals surface area contributed by atoms with Crippen molar-refractivity contribution in [2.75, 3.05) is 6.61 Å². The highest BCUT2D eigenvalue weighted by Gasteiger charge is 2.49. The molecule has 2 N–H and O–H groups in total. The fourth-order valence-corrected chi connectivity index (χ4v) is 2.71. The van der Waals surface area contributed by atoms with Crippen LogP contribution in [0.1, 0.15) is 10.4 Å². The normalized spacial score (nSPS) is 37.1. The number of alkyl halides is 1. The lowest BCUT2D eigenvalue weighted by Gasteiger charge is -2.35. The second kappa shape index (κ2) is 5.09. The molecule has 0 aliphatic carbocycles. The smallest absolute Gasteiger partial charge is 0.251 e. The van der Waals surface area contributed by atoms with Crippen LogP contribution in [0.3, 0.4) is 0 Å². The van der Waals surface area contributed by atoms with Crippen molar-refractivity contribution < 1.29 is 19.4 Å². The summed E-state index contributed by atoms with van der Waals surface area (Å²) in [5.74, 6) is -0.267. The molecular formula is C13H14ClNO4. The van der Waals surface area contributed by atoms with Crippen LogP contribution in [0.15, 0.2) is 30.3 Å². The first kappa shape index (κ1) is 12.9. The number of fused-ring (bicyclic) bond motifs is 2. The molecule has 0 aromatic heterocycles. The predicted octanol–water partition coefficient (Wildman–Crippen LogP) is 0.508. The maximum Gasteiger partial charge on any atom is 0.251 e. The summed E-state index contributed by atoms with van der Waals surface area (Å²) in [6, 6.07) is 8.21. The number of halogens is 1.